The number of hydrogen-bond donors (Lipinski definition) is 0. The van der Waals surface area contributed by atoms with Crippen molar-refractivity contribution in [3.63, 3.8) is 0 Å². The largest absolute Gasteiger partial charge is 0.457 e. The molecule has 19 heavy (non-hydrogen) atoms. The normalized spacial score (nSPS) is 37.5. The van der Waals surface area contributed by atoms with Gasteiger partial charge in [0.15, 0.2) is 18.5 Å². The molecule has 0 spiro atoms. The molecule has 2 aliphatic heterocycles. The lowest BCUT2D eigenvalue weighted by molar-refractivity contribution is -0.260. The van der Waals surface area contributed by atoms with Crippen LogP contribution in [0.5, 0.6) is 0 Å². The van der Waals surface area contributed by atoms with Crippen LogP contribution in [-0.4, -0.2) is 54.7 Å². The number of hydrogen-bond acceptors (Lipinski definition) is 8. The number of carbonyl (C=O) groups is 2. The molecule has 2 saturated heterocycles. The molecule has 0 aromatic heterocycles. The maximum Gasteiger partial charge on any atom is 0.303 e. The van der Waals surface area contributed by atoms with Crippen molar-refractivity contribution < 1.29 is 28.5 Å². The third-order valence-corrected chi connectivity index (χ3v) is 5.72. The fourth-order valence-corrected chi connectivity index (χ4v) is 5.34. The summed E-state index contributed by atoms with van der Waals surface area (Å²) in [5, 5.41) is -0.0513. The molecule has 108 valence electrons. The third-order valence-electron chi connectivity index (χ3n) is 2.84. The Balaban J connectivity index is 2.21. The Morgan fingerprint density at radius 3 is 2.37 bits per heavy atom. The van der Waals surface area contributed by atoms with Crippen LogP contribution in [0.1, 0.15) is 13.8 Å². The van der Waals surface area contributed by atoms with Gasteiger partial charge in [0, 0.05) is 26.7 Å². The summed E-state index contributed by atoms with van der Waals surface area (Å²) < 4.78 is 21.5. The van der Waals surface area contributed by atoms with Crippen molar-refractivity contribution in [2.45, 2.75) is 43.7 Å². The number of esters is 2. The average Bonchev–Trinajstić information content (AvgIpc) is 2.78. The van der Waals surface area contributed by atoms with Crippen LogP contribution < -0.4 is 0 Å². The molecule has 0 amide bonds. The van der Waals surface area contributed by atoms with Gasteiger partial charge in [0.2, 0.25) is 0 Å². The molecule has 0 aliphatic carbocycles. The maximum absolute atomic E-state index is 11.3. The zero-order chi connectivity index (χ0) is 14.0. The predicted octanol–water partition coefficient (Wildman–Crippen LogP) is 0.985. The first-order chi connectivity index (χ1) is 9.02. The van der Waals surface area contributed by atoms with Gasteiger partial charge < -0.3 is 18.9 Å². The molecule has 2 heterocycles. The fourth-order valence-electron chi connectivity index (χ4n) is 2.15. The smallest absolute Gasteiger partial charge is 0.303 e. The molecular formula is C11H16O6S2. The highest BCUT2D eigenvalue weighted by Gasteiger charge is 2.52. The van der Waals surface area contributed by atoms with E-state index < -0.39 is 30.4 Å². The average molecular weight is 308 g/mol. The first-order valence-electron chi connectivity index (χ1n) is 5.84. The summed E-state index contributed by atoms with van der Waals surface area (Å²) in [7, 11) is 4.71. The van der Waals surface area contributed by atoms with Gasteiger partial charge in [-0.3, -0.25) is 9.59 Å². The van der Waals surface area contributed by atoms with Crippen LogP contribution in [-0.2, 0) is 28.5 Å². The molecule has 6 nitrogen and oxygen atoms in total. The van der Waals surface area contributed by atoms with Crippen molar-refractivity contribution in [3.8, 4) is 0 Å². The molecule has 5 unspecified atom stereocenters. The van der Waals surface area contributed by atoms with E-state index in [1.165, 1.54) is 21.0 Å². The Kier molecular flexibility index (Phi) is 4.99. The monoisotopic (exact) mass is 308 g/mol. The molecule has 2 aliphatic rings. The molecule has 2 rings (SSSR count). The van der Waals surface area contributed by atoms with Crippen molar-refractivity contribution in [2.75, 3.05) is 12.9 Å². The Labute approximate surface area is 119 Å². The molecule has 0 aromatic rings. The van der Waals surface area contributed by atoms with Gasteiger partial charge >= 0.3 is 11.9 Å². The molecule has 0 bridgehead atoms. The van der Waals surface area contributed by atoms with Gasteiger partial charge in [-0.2, -0.15) is 0 Å². The van der Waals surface area contributed by atoms with Crippen LogP contribution in [0.25, 0.3) is 0 Å². The van der Waals surface area contributed by atoms with E-state index in [4.69, 9.17) is 18.9 Å². The van der Waals surface area contributed by atoms with Crippen LogP contribution in [0.15, 0.2) is 0 Å². The van der Waals surface area contributed by atoms with E-state index in [-0.39, 0.29) is 11.4 Å². The molecular weight excluding hydrogens is 292 g/mol. The highest BCUT2D eigenvalue weighted by Crippen LogP contribution is 2.46. The summed E-state index contributed by atoms with van der Waals surface area (Å²) in [6.45, 7) is 2.64. The topological polar surface area (TPSA) is 71.1 Å². The van der Waals surface area contributed by atoms with Gasteiger partial charge in [-0.05, 0) is 0 Å². The Morgan fingerprint density at radius 2 is 1.79 bits per heavy atom. The lowest BCUT2D eigenvalue weighted by atomic mass is 10.0. The fraction of sp³-hybridized carbons (Fsp3) is 0.818. The highest BCUT2D eigenvalue weighted by molar-refractivity contribution is 8.77. The molecule has 2 fully saturated rings. The summed E-state index contributed by atoms with van der Waals surface area (Å²) in [6, 6.07) is 0. The van der Waals surface area contributed by atoms with Crippen LogP contribution in [0.4, 0.5) is 0 Å². The van der Waals surface area contributed by atoms with E-state index in [1.807, 2.05) is 0 Å². The van der Waals surface area contributed by atoms with Crippen LogP contribution in [0, 0.1) is 0 Å². The van der Waals surface area contributed by atoms with Gasteiger partial charge in [-0.1, -0.05) is 21.6 Å². The molecule has 5 atom stereocenters. The minimum Gasteiger partial charge on any atom is -0.457 e. The second-order valence-corrected chi connectivity index (χ2v) is 6.86. The van der Waals surface area contributed by atoms with E-state index in [1.54, 1.807) is 21.6 Å². The summed E-state index contributed by atoms with van der Waals surface area (Å²) >= 11 is 0. The van der Waals surface area contributed by atoms with Crippen molar-refractivity contribution in [2.24, 2.45) is 0 Å². The van der Waals surface area contributed by atoms with Crippen molar-refractivity contribution in [1.82, 2.24) is 0 Å². The van der Waals surface area contributed by atoms with Crippen molar-refractivity contribution in [3.05, 3.63) is 0 Å². The second-order valence-electron chi connectivity index (χ2n) is 4.27. The lowest BCUT2D eigenvalue weighted by Crippen LogP contribution is -2.58. The standard InChI is InChI=1S/C11H16O6S2/c1-5(12)15-8-9(16-6(2)13)11(14-3)17-7-4-18-19-10(7)8/h7-11H,4H2,1-3H3. The van der Waals surface area contributed by atoms with Gasteiger partial charge in [0.1, 0.15) is 0 Å². The van der Waals surface area contributed by atoms with Gasteiger partial charge in [-0.15, -0.1) is 0 Å². The highest BCUT2D eigenvalue weighted by atomic mass is 33.1. The van der Waals surface area contributed by atoms with Crippen LogP contribution >= 0.6 is 21.6 Å². The van der Waals surface area contributed by atoms with Crippen molar-refractivity contribution in [1.29, 1.82) is 0 Å². The van der Waals surface area contributed by atoms with Crippen LogP contribution in [0.2, 0.25) is 0 Å². The van der Waals surface area contributed by atoms with E-state index in [0.29, 0.717) is 0 Å². The van der Waals surface area contributed by atoms with Crippen molar-refractivity contribution >= 4 is 33.5 Å². The Bertz CT molecular complexity index is 363. The summed E-state index contributed by atoms with van der Waals surface area (Å²) in [5.41, 5.74) is 0. The van der Waals surface area contributed by atoms with Crippen LogP contribution in [0.3, 0.4) is 0 Å². The number of ether oxygens (including phenoxy) is 4. The van der Waals surface area contributed by atoms with E-state index in [2.05, 4.69) is 0 Å². The summed E-state index contributed by atoms with van der Waals surface area (Å²) in [6.07, 6.45) is -2.08. The quantitative estimate of drug-likeness (QED) is 0.564. The first kappa shape index (κ1) is 15.0. The summed E-state index contributed by atoms with van der Waals surface area (Å²) in [4.78, 5) is 22.5. The number of fused-ring (bicyclic) bond motifs is 1. The van der Waals surface area contributed by atoms with E-state index in [0.717, 1.165) is 5.75 Å². The minimum absolute atomic E-state index is 0.0513. The van der Waals surface area contributed by atoms with Gasteiger partial charge in [-0.25, -0.2) is 0 Å². The van der Waals surface area contributed by atoms with Gasteiger partial charge in [0.05, 0.1) is 11.4 Å². The third kappa shape index (κ3) is 3.36. The predicted molar refractivity (Wildman–Crippen MR) is 70.6 cm³/mol. The summed E-state index contributed by atoms with van der Waals surface area (Å²) in [5.74, 6) is -0.0724. The Morgan fingerprint density at radius 1 is 1.16 bits per heavy atom. The molecule has 8 heteroatoms. The van der Waals surface area contributed by atoms with Gasteiger partial charge in [0.25, 0.3) is 0 Å². The molecule has 0 radical (unpaired) electrons. The van der Waals surface area contributed by atoms with E-state index in [9.17, 15) is 9.59 Å². The SMILES string of the molecule is COC1OC2CSSC2C(OC(C)=O)C1OC(C)=O. The number of carbonyl (C=O) groups excluding carboxylic acids is 2. The molecule has 0 saturated carbocycles. The van der Waals surface area contributed by atoms with E-state index >= 15 is 0 Å². The maximum atomic E-state index is 11.3. The molecule has 0 N–H and O–H groups in total. The first-order valence-corrected chi connectivity index (χ1v) is 8.22. The lowest BCUT2D eigenvalue weighted by Gasteiger charge is -2.41. The zero-order valence-electron chi connectivity index (χ0n) is 10.9. The zero-order valence-corrected chi connectivity index (χ0v) is 12.5. The minimum atomic E-state index is -0.737. The molecule has 0 aromatic carbocycles. The second kappa shape index (κ2) is 6.34. The number of rotatable bonds is 3. The Hall–Kier alpha value is -0.440. The number of methoxy groups -OCH3 is 1.